The molecule has 2 aliphatic rings. The van der Waals surface area contributed by atoms with Crippen molar-refractivity contribution < 1.29 is 18.5 Å². The minimum absolute atomic E-state index is 0.00904. The SMILES string of the molecule is CC[S@](=O)[C@H]1CCCC[C@H]1NC(=O)c1ccc2c(c1)OCCO2. The molecule has 1 amide bonds. The molecule has 1 aliphatic carbocycles. The zero-order chi connectivity index (χ0) is 16.2. The topological polar surface area (TPSA) is 64.6 Å². The third kappa shape index (κ3) is 3.68. The van der Waals surface area contributed by atoms with Crippen molar-refractivity contribution in [3.63, 3.8) is 0 Å². The summed E-state index contributed by atoms with van der Waals surface area (Å²) in [5, 5.41) is 3.14. The largest absolute Gasteiger partial charge is 0.486 e. The third-order valence-electron chi connectivity index (χ3n) is 4.45. The fourth-order valence-corrected chi connectivity index (χ4v) is 4.66. The van der Waals surface area contributed by atoms with Crippen LogP contribution in [0.15, 0.2) is 18.2 Å². The van der Waals surface area contributed by atoms with Crippen molar-refractivity contribution in [1.82, 2.24) is 5.32 Å². The highest BCUT2D eigenvalue weighted by Gasteiger charge is 2.30. The number of hydrogen-bond acceptors (Lipinski definition) is 4. The molecule has 3 rings (SSSR count). The Hall–Kier alpha value is -1.56. The Morgan fingerprint density at radius 2 is 1.96 bits per heavy atom. The second-order valence-corrected chi connectivity index (χ2v) is 7.88. The summed E-state index contributed by atoms with van der Waals surface area (Å²) in [5.41, 5.74) is 0.556. The fraction of sp³-hybridized carbons (Fsp3) is 0.588. The van der Waals surface area contributed by atoms with Gasteiger partial charge in [-0.25, -0.2) is 0 Å². The molecule has 0 bridgehead atoms. The Bertz CT molecular complexity index is 604. The van der Waals surface area contributed by atoms with Crippen LogP contribution in [-0.4, -0.2) is 40.4 Å². The maximum Gasteiger partial charge on any atom is 0.251 e. The molecule has 23 heavy (non-hydrogen) atoms. The Labute approximate surface area is 139 Å². The van der Waals surface area contributed by atoms with E-state index < -0.39 is 10.8 Å². The predicted octanol–water partition coefficient (Wildman–Crippen LogP) is 2.27. The molecule has 3 atom stereocenters. The highest BCUT2D eigenvalue weighted by molar-refractivity contribution is 7.85. The lowest BCUT2D eigenvalue weighted by atomic mass is 9.94. The number of hydrogen-bond donors (Lipinski definition) is 1. The van der Waals surface area contributed by atoms with Crippen LogP contribution in [0.1, 0.15) is 43.0 Å². The Kier molecular flexibility index (Phi) is 5.20. The Balaban J connectivity index is 1.71. The standard InChI is InChI=1S/C17H23NO4S/c1-2-23(20)16-6-4-3-5-13(16)18-17(19)12-7-8-14-15(11-12)22-10-9-21-14/h7-8,11,13,16H,2-6,9-10H2,1H3,(H,18,19)/t13-,16+,23+/m1/s1. The molecule has 1 aromatic rings. The summed E-state index contributed by atoms with van der Waals surface area (Å²) in [6.45, 7) is 2.97. The van der Waals surface area contributed by atoms with Gasteiger partial charge in [0.2, 0.25) is 0 Å². The first-order valence-corrected chi connectivity index (χ1v) is 9.65. The van der Waals surface area contributed by atoms with Crippen LogP contribution in [0.2, 0.25) is 0 Å². The van der Waals surface area contributed by atoms with Crippen molar-refractivity contribution in [2.24, 2.45) is 0 Å². The van der Waals surface area contributed by atoms with E-state index >= 15 is 0 Å². The molecule has 1 heterocycles. The van der Waals surface area contributed by atoms with Gasteiger partial charge < -0.3 is 14.8 Å². The van der Waals surface area contributed by atoms with Gasteiger partial charge in [-0.05, 0) is 31.0 Å². The molecule has 1 fully saturated rings. The lowest BCUT2D eigenvalue weighted by molar-refractivity contribution is 0.0928. The van der Waals surface area contributed by atoms with Crippen LogP contribution < -0.4 is 14.8 Å². The summed E-state index contributed by atoms with van der Waals surface area (Å²) in [5.74, 6) is 1.80. The second kappa shape index (κ2) is 7.34. The van der Waals surface area contributed by atoms with Gasteiger partial charge in [-0.15, -0.1) is 0 Å². The van der Waals surface area contributed by atoms with Crippen LogP contribution >= 0.6 is 0 Å². The van der Waals surface area contributed by atoms with E-state index in [2.05, 4.69) is 5.32 Å². The maximum absolute atomic E-state index is 12.5. The molecule has 5 nitrogen and oxygen atoms in total. The number of carbonyl (C=O) groups is 1. The number of nitrogens with one attached hydrogen (secondary N) is 1. The van der Waals surface area contributed by atoms with E-state index in [1.807, 2.05) is 6.92 Å². The summed E-state index contributed by atoms with van der Waals surface area (Å²) < 4.78 is 23.2. The zero-order valence-electron chi connectivity index (χ0n) is 13.4. The van der Waals surface area contributed by atoms with Gasteiger partial charge in [-0.2, -0.15) is 0 Å². The van der Waals surface area contributed by atoms with Gasteiger partial charge in [0, 0.05) is 28.2 Å². The molecule has 0 aromatic heterocycles. The Morgan fingerprint density at radius 3 is 2.74 bits per heavy atom. The van der Waals surface area contributed by atoms with E-state index in [0.29, 0.717) is 36.0 Å². The van der Waals surface area contributed by atoms with E-state index in [1.54, 1.807) is 18.2 Å². The molecule has 1 aliphatic heterocycles. The first-order valence-electron chi connectivity index (χ1n) is 8.26. The molecule has 1 saturated carbocycles. The van der Waals surface area contributed by atoms with E-state index in [-0.39, 0.29) is 17.2 Å². The van der Waals surface area contributed by atoms with Crippen molar-refractivity contribution >= 4 is 16.7 Å². The normalized spacial score (nSPS) is 24.7. The number of benzene rings is 1. The van der Waals surface area contributed by atoms with E-state index in [4.69, 9.17) is 9.47 Å². The van der Waals surface area contributed by atoms with Gasteiger partial charge in [0.15, 0.2) is 11.5 Å². The summed E-state index contributed by atoms with van der Waals surface area (Å²) in [6.07, 6.45) is 3.98. The summed E-state index contributed by atoms with van der Waals surface area (Å²) in [6, 6.07) is 5.23. The molecule has 0 spiro atoms. The lowest BCUT2D eigenvalue weighted by Gasteiger charge is -2.31. The molecule has 126 valence electrons. The fourth-order valence-electron chi connectivity index (χ4n) is 3.23. The van der Waals surface area contributed by atoms with Crippen LogP contribution in [0.4, 0.5) is 0 Å². The van der Waals surface area contributed by atoms with Crippen LogP contribution in [0.5, 0.6) is 11.5 Å². The highest BCUT2D eigenvalue weighted by Crippen LogP contribution is 2.31. The minimum atomic E-state index is -0.878. The van der Waals surface area contributed by atoms with E-state index in [0.717, 1.165) is 25.7 Å². The van der Waals surface area contributed by atoms with Crippen LogP contribution in [0, 0.1) is 0 Å². The quantitative estimate of drug-likeness (QED) is 0.915. The summed E-state index contributed by atoms with van der Waals surface area (Å²) in [4.78, 5) is 12.5. The average Bonchev–Trinajstić information content (AvgIpc) is 2.61. The number of rotatable bonds is 4. The van der Waals surface area contributed by atoms with Crippen molar-refractivity contribution in [2.45, 2.75) is 43.9 Å². The molecule has 0 saturated heterocycles. The molecular formula is C17H23NO4S. The Morgan fingerprint density at radius 1 is 1.22 bits per heavy atom. The third-order valence-corrected chi connectivity index (χ3v) is 6.25. The highest BCUT2D eigenvalue weighted by atomic mass is 32.2. The van der Waals surface area contributed by atoms with E-state index in [1.165, 1.54) is 0 Å². The first kappa shape index (κ1) is 16.3. The molecule has 0 unspecified atom stereocenters. The van der Waals surface area contributed by atoms with Crippen molar-refractivity contribution in [2.75, 3.05) is 19.0 Å². The summed E-state index contributed by atoms with van der Waals surface area (Å²) >= 11 is 0. The number of amides is 1. The smallest absolute Gasteiger partial charge is 0.251 e. The number of ether oxygens (including phenoxy) is 2. The average molecular weight is 337 g/mol. The zero-order valence-corrected chi connectivity index (χ0v) is 14.2. The molecular weight excluding hydrogens is 314 g/mol. The number of fused-ring (bicyclic) bond motifs is 1. The van der Waals surface area contributed by atoms with Crippen LogP contribution in [0.3, 0.4) is 0 Å². The number of carbonyl (C=O) groups excluding carboxylic acids is 1. The maximum atomic E-state index is 12.5. The monoisotopic (exact) mass is 337 g/mol. The lowest BCUT2D eigenvalue weighted by Crippen LogP contribution is -2.47. The van der Waals surface area contributed by atoms with Crippen molar-refractivity contribution in [3.05, 3.63) is 23.8 Å². The van der Waals surface area contributed by atoms with Crippen LogP contribution in [-0.2, 0) is 10.8 Å². The van der Waals surface area contributed by atoms with E-state index in [9.17, 15) is 9.00 Å². The predicted molar refractivity (Wildman–Crippen MR) is 89.6 cm³/mol. The van der Waals surface area contributed by atoms with Gasteiger partial charge in [0.25, 0.3) is 5.91 Å². The van der Waals surface area contributed by atoms with Crippen LogP contribution in [0.25, 0.3) is 0 Å². The molecule has 1 N–H and O–H groups in total. The van der Waals surface area contributed by atoms with Crippen molar-refractivity contribution in [3.8, 4) is 11.5 Å². The molecule has 0 radical (unpaired) electrons. The summed E-state index contributed by atoms with van der Waals surface area (Å²) in [7, 11) is -0.878. The van der Waals surface area contributed by atoms with Gasteiger partial charge >= 0.3 is 0 Å². The first-order chi connectivity index (χ1) is 11.2. The second-order valence-electron chi connectivity index (χ2n) is 5.93. The van der Waals surface area contributed by atoms with Crippen molar-refractivity contribution in [1.29, 1.82) is 0 Å². The van der Waals surface area contributed by atoms with Gasteiger partial charge in [-0.3, -0.25) is 9.00 Å². The van der Waals surface area contributed by atoms with Gasteiger partial charge in [0.05, 0.1) is 5.25 Å². The van der Waals surface area contributed by atoms with Gasteiger partial charge in [0.1, 0.15) is 13.2 Å². The minimum Gasteiger partial charge on any atom is -0.486 e. The molecule has 1 aromatic carbocycles. The van der Waals surface area contributed by atoms with Gasteiger partial charge in [-0.1, -0.05) is 19.8 Å². The molecule has 6 heteroatoms.